The minimum Gasteiger partial charge on any atom is -0.491 e. The highest BCUT2D eigenvalue weighted by Crippen LogP contribution is 2.39. The number of rotatable bonds is 13. The summed E-state index contributed by atoms with van der Waals surface area (Å²) in [7, 11) is -5.92. The van der Waals surface area contributed by atoms with Crippen LogP contribution in [0.25, 0.3) is 11.4 Å². The summed E-state index contributed by atoms with van der Waals surface area (Å²) in [4.78, 5) is 8.90. The number of sulfonamides is 1. The summed E-state index contributed by atoms with van der Waals surface area (Å²) in [6.45, 7) is 14.2. The van der Waals surface area contributed by atoms with Crippen molar-refractivity contribution in [2.45, 2.75) is 76.9 Å². The van der Waals surface area contributed by atoms with Gasteiger partial charge in [-0.1, -0.05) is 31.8 Å². The minimum atomic E-state index is -4.16. The lowest BCUT2D eigenvalue weighted by atomic mass is 10.2. The van der Waals surface area contributed by atoms with Gasteiger partial charge in [0.25, 0.3) is 0 Å². The first kappa shape index (κ1) is 34.5. The molecule has 0 unspecified atom stereocenters. The highest BCUT2D eigenvalue weighted by molar-refractivity contribution is 7.93. The molecule has 0 amide bonds. The van der Waals surface area contributed by atoms with Crippen LogP contribution in [0.4, 0.5) is 10.3 Å². The maximum Gasteiger partial charge on any atom is 0.243 e. The van der Waals surface area contributed by atoms with Crippen molar-refractivity contribution in [2.24, 2.45) is 0 Å². The molecule has 47 heavy (non-hydrogen) atoms. The van der Waals surface area contributed by atoms with E-state index < -0.39 is 35.5 Å². The second kappa shape index (κ2) is 14.1. The molecule has 252 valence electrons. The number of benzene rings is 2. The summed E-state index contributed by atoms with van der Waals surface area (Å²) in [5.41, 5.74) is 1.53. The third-order valence-corrected chi connectivity index (χ3v) is 11.7. The summed E-state index contributed by atoms with van der Waals surface area (Å²) in [6.07, 6.45) is 2.08. The lowest BCUT2D eigenvalue weighted by molar-refractivity contribution is 0.00139. The normalized spacial score (nSPS) is 16.1. The van der Waals surface area contributed by atoms with E-state index in [-0.39, 0.29) is 37.6 Å². The molecule has 2 aromatic carbocycles. The molecule has 0 N–H and O–H groups in total. The van der Waals surface area contributed by atoms with E-state index in [0.717, 1.165) is 5.56 Å². The van der Waals surface area contributed by atoms with E-state index in [1.165, 1.54) is 16.4 Å². The summed E-state index contributed by atoms with van der Waals surface area (Å²) in [6, 6.07) is 13.3. The lowest BCUT2D eigenvalue weighted by Gasteiger charge is -2.33. The lowest BCUT2D eigenvalue weighted by Crippen LogP contribution is -2.45. The number of nitrogens with zero attached hydrogens (tertiary/aromatic N) is 6. The molecule has 0 radical (unpaired) electrons. The predicted octanol–water partition coefficient (Wildman–Crippen LogP) is 6.22. The van der Waals surface area contributed by atoms with Gasteiger partial charge >= 0.3 is 0 Å². The van der Waals surface area contributed by atoms with Gasteiger partial charge in [-0.15, -0.1) is 10.2 Å². The number of fused-ring (bicyclic) bond motifs is 3. The van der Waals surface area contributed by atoms with Gasteiger partial charge in [-0.3, -0.25) is 4.57 Å². The molecule has 0 bridgehead atoms. The molecule has 0 spiro atoms. The van der Waals surface area contributed by atoms with Crippen LogP contribution in [-0.4, -0.2) is 72.3 Å². The smallest absolute Gasteiger partial charge is 0.243 e. The van der Waals surface area contributed by atoms with E-state index in [1.807, 2.05) is 45.0 Å². The Morgan fingerprint density at radius 3 is 2.38 bits per heavy atom. The first-order valence-electron chi connectivity index (χ1n) is 15.8. The van der Waals surface area contributed by atoms with Gasteiger partial charge in [0.2, 0.25) is 16.0 Å². The minimum absolute atomic E-state index is 0.0887. The fourth-order valence-corrected chi connectivity index (χ4v) is 7.87. The van der Waals surface area contributed by atoms with Crippen LogP contribution in [0.3, 0.4) is 0 Å². The van der Waals surface area contributed by atoms with Crippen molar-refractivity contribution >= 4 is 24.0 Å². The fraction of sp³-hybridized carbons (Fsp3) is 0.455. The van der Waals surface area contributed by atoms with E-state index in [1.54, 1.807) is 36.0 Å². The third-order valence-electron chi connectivity index (χ3n) is 7.82. The number of hydrogen-bond donors (Lipinski definition) is 0. The van der Waals surface area contributed by atoms with Gasteiger partial charge in [0.15, 0.2) is 11.6 Å². The van der Waals surface area contributed by atoms with Crippen molar-refractivity contribution in [2.75, 3.05) is 24.1 Å². The summed E-state index contributed by atoms with van der Waals surface area (Å²) < 4.78 is 65.0. The van der Waals surface area contributed by atoms with E-state index in [4.69, 9.17) is 14.2 Å². The number of aryl methyl sites for hydroxylation is 1. The first-order valence-corrected chi connectivity index (χ1v) is 21.0. The zero-order chi connectivity index (χ0) is 33.9. The second-order valence-corrected chi connectivity index (χ2v) is 21.1. The molecule has 1 aliphatic heterocycles. The van der Waals surface area contributed by atoms with Crippen LogP contribution in [0.1, 0.15) is 44.3 Å². The number of anilines is 1. The Balaban J connectivity index is 1.61. The first-order chi connectivity index (χ1) is 22.2. The van der Waals surface area contributed by atoms with Gasteiger partial charge in [-0.05, 0) is 75.7 Å². The molecular formula is C33H43FN6O5SSi. The van der Waals surface area contributed by atoms with Crippen molar-refractivity contribution in [3.63, 3.8) is 0 Å². The molecule has 3 atom stereocenters. The molecular weight excluding hydrogens is 640 g/mol. The molecule has 0 saturated carbocycles. The second-order valence-electron chi connectivity index (χ2n) is 13.3. The highest BCUT2D eigenvalue weighted by Gasteiger charge is 2.42. The molecule has 14 heteroatoms. The van der Waals surface area contributed by atoms with E-state index in [2.05, 4.69) is 39.8 Å². The van der Waals surface area contributed by atoms with Crippen LogP contribution in [0, 0.1) is 12.7 Å². The molecule has 0 saturated heterocycles. The summed E-state index contributed by atoms with van der Waals surface area (Å²) in [5, 5.41) is 8.02. The van der Waals surface area contributed by atoms with E-state index in [0.29, 0.717) is 34.8 Å². The van der Waals surface area contributed by atoms with Crippen LogP contribution in [-0.2, 0) is 14.8 Å². The fourth-order valence-electron chi connectivity index (χ4n) is 5.22. The summed E-state index contributed by atoms with van der Waals surface area (Å²) in [5.74, 6) is 1.60. The van der Waals surface area contributed by atoms with Crippen LogP contribution < -0.4 is 13.8 Å². The quantitative estimate of drug-likeness (QED) is 0.151. The zero-order valence-corrected chi connectivity index (χ0v) is 29.7. The third kappa shape index (κ3) is 7.99. The van der Waals surface area contributed by atoms with Crippen LogP contribution in [0.15, 0.2) is 60.9 Å². The molecule has 0 fully saturated rings. The molecule has 5 rings (SSSR count). The van der Waals surface area contributed by atoms with Crippen molar-refractivity contribution in [3.05, 3.63) is 78.1 Å². The van der Waals surface area contributed by atoms with Gasteiger partial charge in [0.1, 0.15) is 47.9 Å². The molecule has 3 heterocycles. The van der Waals surface area contributed by atoms with Crippen LogP contribution >= 0.6 is 0 Å². The Hall–Kier alpha value is -3.88. The van der Waals surface area contributed by atoms with Gasteiger partial charge in [0, 0.05) is 27.0 Å². The van der Waals surface area contributed by atoms with Crippen LogP contribution in [0.2, 0.25) is 25.7 Å². The number of halogens is 1. The van der Waals surface area contributed by atoms with Gasteiger partial charge in [-0.2, -0.15) is 0 Å². The average molecular weight is 683 g/mol. The Morgan fingerprint density at radius 2 is 1.72 bits per heavy atom. The maximum atomic E-state index is 14.9. The van der Waals surface area contributed by atoms with Crippen molar-refractivity contribution in [1.82, 2.24) is 24.7 Å². The van der Waals surface area contributed by atoms with Gasteiger partial charge in [0.05, 0.1) is 11.7 Å². The predicted molar refractivity (Wildman–Crippen MR) is 181 cm³/mol. The zero-order valence-electron chi connectivity index (χ0n) is 27.9. The molecule has 0 aliphatic carbocycles. The Labute approximate surface area is 277 Å². The highest BCUT2D eigenvalue weighted by atomic mass is 32.2. The van der Waals surface area contributed by atoms with Gasteiger partial charge < -0.3 is 14.2 Å². The number of aromatic nitrogens is 5. The summed E-state index contributed by atoms with van der Waals surface area (Å²) >= 11 is 0. The maximum absolute atomic E-state index is 14.9. The Kier molecular flexibility index (Phi) is 10.3. The average Bonchev–Trinajstić information content (AvgIpc) is 3.37. The number of hydrogen-bond acceptors (Lipinski definition) is 9. The van der Waals surface area contributed by atoms with Crippen molar-refractivity contribution in [1.29, 1.82) is 0 Å². The number of ether oxygens (including phenoxy) is 3. The largest absolute Gasteiger partial charge is 0.491 e. The number of para-hydroxylation sites is 1. The molecule has 1 aliphatic rings. The topological polar surface area (TPSA) is 122 Å². The van der Waals surface area contributed by atoms with Crippen molar-refractivity contribution in [3.8, 4) is 22.9 Å². The van der Waals surface area contributed by atoms with E-state index in [9.17, 15) is 12.8 Å². The molecule has 4 aromatic rings. The Morgan fingerprint density at radius 1 is 1.04 bits per heavy atom. The molecule has 11 nitrogen and oxygen atoms in total. The van der Waals surface area contributed by atoms with Crippen molar-refractivity contribution < 1.29 is 27.0 Å². The van der Waals surface area contributed by atoms with Crippen LogP contribution in [0.5, 0.6) is 11.5 Å². The Bertz CT molecular complexity index is 1760. The molecule has 2 aromatic heterocycles. The monoisotopic (exact) mass is 682 g/mol. The SMILES string of the molecule is Cc1cnc([C@H](OC(C)C)[C@H](C)S(=O)(=O)N(CC[Si](C)(C)C)c2nnc3n2[C@@H](COc2ccc(F)cc2)COc2ccccc2-3)nc1. The van der Waals surface area contributed by atoms with Gasteiger partial charge in [-0.25, -0.2) is 27.1 Å². The standard InChI is InChI=1S/C33H43FN6O5SSi/c1-22(2)45-30(31-35-18-23(3)19-36-31)24(4)46(41,42)39(16-17-47(5,6)7)33-38-37-32-28-10-8-9-11-29(28)44-21-26(40(32)33)20-43-27-14-12-25(34)13-15-27/h8-15,18-19,22,24,26,30H,16-17,20-21H2,1-7H3/t24-,26-,30+/m0/s1. The van der Waals surface area contributed by atoms with E-state index >= 15 is 0 Å².